The number of anilines is 1. The summed E-state index contributed by atoms with van der Waals surface area (Å²) in [5.74, 6) is -0.817. The van der Waals surface area contributed by atoms with Crippen LogP contribution in [0.3, 0.4) is 0 Å². The first-order valence-corrected chi connectivity index (χ1v) is 13.0. The lowest BCUT2D eigenvalue weighted by Crippen LogP contribution is -2.52. The zero-order valence-corrected chi connectivity index (χ0v) is 21.5. The minimum absolute atomic E-state index is 0.101. The molecule has 1 unspecified atom stereocenters. The van der Waals surface area contributed by atoms with Gasteiger partial charge in [-0.2, -0.15) is 0 Å². The molecule has 0 heterocycles. The Labute approximate surface area is 202 Å². The van der Waals surface area contributed by atoms with E-state index in [1.54, 1.807) is 19.1 Å². The number of benzene rings is 2. The van der Waals surface area contributed by atoms with E-state index in [1.165, 1.54) is 17.0 Å². The fourth-order valence-corrected chi connectivity index (χ4v) is 4.24. The molecule has 2 aromatic rings. The zero-order chi connectivity index (χ0) is 24.1. The van der Waals surface area contributed by atoms with Crippen molar-refractivity contribution < 1.29 is 18.0 Å². The highest BCUT2D eigenvalue weighted by Crippen LogP contribution is 2.21. The standard InChI is InChI=1S/C22H27BrClN3O4S/c1-15(2)25-22(29)16(3)26(13-17-5-7-18(23)8-6-17)21(28)14-27(32(4,30)31)20-11-9-19(24)10-12-20/h5-12,15-16H,13-14H2,1-4H3,(H,25,29). The second-order valence-corrected chi connectivity index (χ2v) is 11.0. The third-order valence-electron chi connectivity index (χ3n) is 4.66. The third-order valence-corrected chi connectivity index (χ3v) is 6.58. The number of rotatable bonds is 9. The monoisotopic (exact) mass is 543 g/mol. The largest absolute Gasteiger partial charge is 0.352 e. The minimum atomic E-state index is -3.77. The summed E-state index contributed by atoms with van der Waals surface area (Å²) in [7, 11) is -3.77. The lowest BCUT2D eigenvalue weighted by Gasteiger charge is -2.32. The lowest BCUT2D eigenvalue weighted by atomic mass is 10.1. The van der Waals surface area contributed by atoms with Gasteiger partial charge in [0.1, 0.15) is 12.6 Å². The molecule has 1 N–H and O–H groups in total. The average molecular weight is 545 g/mol. The van der Waals surface area contributed by atoms with Crippen LogP contribution >= 0.6 is 27.5 Å². The molecule has 10 heteroatoms. The quantitative estimate of drug-likeness (QED) is 0.520. The normalized spacial score (nSPS) is 12.3. The van der Waals surface area contributed by atoms with E-state index in [1.807, 2.05) is 38.1 Å². The van der Waals surface area contributed by atoms with E-state index in [0.717, 1.165) is 20.6 Å². The summed E-state index contributed by atoms with van der Waals surface area (Å²) in [5, 5.41) is 3.26. The van der Waals surface area contributed by atoms with Crippen LogP contribution in [0.5, 0.6) is 0 Å². The van der Waals surface area contributed by atoms with E-state index in [2.05, 4.69) is 21.2 Å². The Hall–Kier alpha value is -2.10. The molecule has 0 aliphatic carbocycles. The van der Waals surface area contributed by atoms with E-state index in [0.29, 0.717) is 10.7 Å². The lowest BCUT2D eigenvalue weighted by molar-refractivity contribution is -0.139. The molecule has 0 aromatic heterocycles. The molecule has 2 amide bonds. The Morgan fingerprint density at radius 1 is 1.03 bits per heavy atom. The third kappa shape index (κ3) is 7.50. The van der Waals surface area contributed by atoms with Gasteiger partial charge in [0.05, 0.1) is 11.9 Å². The fourth-order valence-electron chi connectivity index (χ4n) is 3.00. The Balaban J connectivity index is 2.36. The fraction of sp³-hybridized carbons (Fsp3) is 0.364. The number of nitrogens with one attached hydrogen (secondary N) is 1. The van der Waals surface area contributed by atoms with Gasteiger partial charge in [-0.1, -0.05) is 39.7 Å². The maximum Gasteiger partial charge on any atom is 0.244 e. The summed E-state index contributed by atoms with van der Waals surface area (Å²) in [6.45, 7) is 4.99. The van der Waals surface area contributed by atoms with Gasteiger partial charge in [0.15, 0.2) is 0 Å². The van der Waals surface area contributed by atoms with Gasteiger partial charge in [-0.25, -0.2) is 8.42 Å². The van der Waals surface area contributed by atoms with Crippen molar-refractivity contribution in [2.75, 3.05) is 17.1 Å². The maximum atomic E-state index is 13.3. The summed E-state index contributed by atoms with van der Waals surface area (Å²) >= 11 is 9.29. The van der Waals surface area contributed by atoms with E-state index in [4.69, 9.17) is 11.6 Å². The van der Waals surface area contributed by atoms with Gasteiger partial charge < -0.3 is 10.2 Å². The molecule has 0 aliphatic heterocycles. The molecule has 0 saturated heterocycles. The van der Waals surface area contributed by atoms with Crippen molar-refractivity contribution >= 4 is 55.1 Å². The molecule has 0 aliphatic rings. The number of carbonyl (C=O) groups excluding carboxylic acids is 2. The van der Waals surface area contributed by atoms with Crippen LogP contribution in [-0.2, 0) is 26.2 Å². The van der Waals surface area contributed by atoms with Crippen LogP contribution in [0.15, 0.2) is 53.0 Å². The van der Waals surface area contributed by atoms with Crippen molar-refractivity contribution in [3.8, 4) is 0 Å². The van der Waals surface area contributed by atoms with Crippen LogP contribution in [-0.4, -0.2) is 50.0 Å². The van der Waals surface area contributed by atoms with Crippen molar-refractivity contribution in [1.82, 2.24) is 10.2 Å². The molecule has 1 atom stereocenters. The molecule has 0 spiro atoms. The molecule has 0 saturated carbocycles. The van der Waals surface area contributed by atoms with Crippen molar-refractivity contribution in [3.05, 3.63) is 63.6 Å². The first kappa shape index (κ1) is 26.2. The first-order chi connectivity index (χ1) is 14.9. The van der Waals surface area contributed by atoms with Gasteiger partial charge >= 0.3 is 0 Å². The average Bonchev–Trinajstić information content (AvgIpc) is 2.70. The summed E-state index contributed by atoms with van der Waals surface area (Å²) in [6.07, 6.45) is 1.03. The molecule has 0 fully saturated rings. The number of carbonyl (C=O) groups is 2. The highest BCUT2D eigenvalue weighted by atomic mass is 79.9. The van der Waals surface area contributed by atoms with Crippen LogP contribution in [0.1, 0.15) is 26.3 Å². The number of nitrogens with zero attached hydrogens (tertiary/aromatic N) is 2. The Bertz CT molecular complexity index is 1040. The highest BCUT2D eigenvalue weighted by molar-refractivity contribution is 9.10. The van der Waals surface area contributed by atoms with E-state index < -0.39 is 28.5 Å². The second kappa shape index (κ2) is 11.2. The van der Waals surface area contributed by atoms with E-state index >= 15 is 0 Å². The maximum absolute atomic E-state index is 13.3. The summed E-state index contributed by atoms with van der Waals surface area (Å²) in [4.78, 5) is 27.4. The van der Waals surface area contributed by atoms with Crippen molar-refractivity contribution in [2.45, 2.75) is 39.4 Å². The predicted octanol–water partition coefficient (Wildman–Crippen LogP) is 3.81. The van der Waals surface area contributed by atoms with Gasteiger partial charge in [-0.05, 0) is 62.7 Å². The Kier molecular flexibility index (Phi) is 9.12. The molecular weight excluding hydrogens is 518 g/mol. The number of hydrogen-bond acceptors (Lipinski definition) is 4. The molecule has 2 rings (SSSR count). The SMILES string of the molecule is CC(C)NC(=O)C(C)N(Cc1ccc(Br)cc1)C(=O)CN(c1ccc(Cl)cc1)S(C)(=O)=O. The van der Waals surface area contributed by atoms with Crippen LogP contribution in [0, 0.1) is 0 Å². The summed E-state index contributed by atoms with van der Waals surface area (Å²) in [6, 6.07) is 12.6. The highest BCUT2D eigenvalue weighted by Gasteiger charge is 2.30. The van der Waals surface area contributed by atoms with Crippen LogP contribution in [0.25, 0.3) is 0 Å². The van der Waals surface area contributed by atoms with Crippen molar-refractivity contribution in [1.29, 1.82) is 0 Å². The van der Waals surface area contributed by atoms with E-state index in [-0.39, 0.29) is 18.5 Å². The van der Waals surface area contributed by atoms with E-state index in [9.17, 15) is 18.0 Å². The topological polar surface area (TPSA) is 86.8 Å². The Morgan fingerprint density at radius 3 is 2.09 bits per heavy atom. The van der Waals surface area contributed by atoms with Crippen molar-refractivity contribution in [3.63, 3.8) is 0 Å². The molecule has 2 aromatic carbocycles. The van der Waals surface area contributed by atoms with Crippen LogP contribution < -0.4 is 9.62 Å². The number of amides is 2. The van der Waals surface area contributed by atoms with Crippen molar-refractivity contribution in [2.24, 2.45) is 0 Å². The van der Waals surface area contributed by atoms with Gasteiger partial charge in [-0.3, -0.25) is 13.9 Å². The molecule has 174 valence electrons. The molecule has 32 heavy (non-hydrogen) atoms. The van der Waals surface area contributed by atoms with Gasteiger partial charge in [0, 0.05) is 22.1 Å². The summed E-state index contributed by atoms with van der Waals surface area (Å²) < 4.78 is 26.8. The number of hydrogen-bond donors (Lipinski definition) is 1. The Morgan fingerprint density at radius 2 is 1.59 bits per heavy atom. The number of halogens is 2. The molecule has 0 radical (unpaired) electrons. The second-order valence-electron chi connectivity index (χ2n) is 7.73. The van der Waals surface area contributed by atoms with Gasteiger partial charge in [-0.15, -0.1) is 0 Å². The molecular formula is C22H27BrClN3O4S. The minimum Gasteiger partial charge on any atom is -0.352 e. The van der Waals surface area contributed by atoms with Crippen LogP contribution in [0.4, 0.5) is 5.69 Å². The van der Waals surface area contributed by atoms with Gasteiger partial charge in [0.2, 0.25) is 21.8 Å². The smallest absolute Gasteiger partial charge is 0.244 e. The van der Waals surface area contributed by atoms with Gasteiger partial charge in [0.25, 0.3) is 0 Å². The first-order valence-electron chi connectivity index (χ1n) is 9.96. The summed E-state index contributed by atoms with van der Waals surface area (Å²) in [5.41, 5.74) is 1.12. The number of sulfonamides is 1. The predicted molar refractivity (Wildman–Crippen MR) is 131 cm³/mol. The van der Waals surface area contributed by atoms with Crippen LogP contribution in [0.2, 0.25) is 5.02 Å². The molecule has 7 nitrogen and oxygen atoms in total. The zero-order valence-electron chi connectivity index (χ0n) is 18.4. The molecule has 0 bridgehead atoms.